The lowest BCUT2D eigenvalue weighted by atomic mass is 9.94. The van der Waals surface area contributed by atoms with Gasteiger partial charge in [-0.1, -0.05) is 46.5 Å². The third-order valence-electron chi connectivity index (χ3n) is 5.54. The van der Waals surface area contributed by atoms with Gasteiger partial charge < -0.3 is 10.2 Å². The highest BCUT2D eigenvalue weighted by Crippen LogP contribution is 2.18. The summed E-state index contributed by atoms with van der Waals surface area (Å²) in [4.78, 5) is 29.8. The minimum atomic E-state index is -0.507. The number of likely N-dealkylation sites (tertiary alicyclic amines) is 1. The number of hydrogen-bond acceptors (Lipinski definition) is 3. The molecule has 1 N–H and O–H groups in total. The fraction of sp³-hybridized carbons (Fsp3) is 0.810. The first-order valence-electron chi connectivity index (χ1n) is 9.94. The van der Waals surface area contributed by atoms with Gasteiger partial charge in [0.2, 0.25) is 11.8 Å². The second kappa shape index (κ2) is 10.6. The molecule has 0 spiro atoms. The van der Waals surface area contributed by atoms with E-state index < -0.39 is 6.04 Å². The molecule has 1 heterocycles. The average Bonchev–Trinajstić information content (AvgIpc) is 2.62. The van der Waals surface area contributed by atoms with Crippen molar-refractivity contribution in [1.29, 1.82) is 0 Å². The van der Waals surface area contributed by atoms with Crippen LogP contribution in [0.15, 0.2) is 0 Å². The second-order valence-corrected chi connectivity index (χ2v) is 7.90. The van der Waals surface area contributed by atoms with Crippen molar-refractivity contribution in [2.24, 2.45) is 11.8 Å². The Labute approximate surface area is 159 Å². The molecule has 5 nitrogen and oxygen atoms in total. The molecule has 0 saturated carbocycles. The monoisotopic (exact) mass is 363 g/mol. The van der Waals surface area contributed by atoms with Crippen molar-refractivity contribution in [2.45, 2.75) is 78.4 Å². The molecule has 4 atom stereocenters. The molecule has 1 aliphatic rings. The van der Waals surface area contributed by atoms with Crippen molar-refractivity contribution in [1.82, 2.24) is 15.1 Å². The average molecular weight is 364 g/mol. The summed E-state index contributed by atoms with van der Waals surface area (Å²) in [5, 5.41) is 3.06. The number of carbonyl (C=O) groups is 2. The van der Waals surface area contributed by atoms with Gasteiger partial charge in [0.1, 0.15) is 6.04 Å². The van der Waals surface area contributed by atoms with Crippen molar-refractivity contribution in [3.05, 3.63) is 0 Å². The summed E-state index contributed by atoms with van der Waals surface area (Å²) < 4.78 is 0. The highest BCUT2D eigenvalue weighted by atomic mass is 16.2. The topological polar surface area (TPSA) is 52.7 Å². The van der Waals surface area contributed by atoms with Gasteiger partial charge in [-0.15, -0.1) is 5.92 Å². The van der Waals surface area contributed by atoms with Crippen LogP contribution in [-0.4, -0.2) is 60.4 Å². The number of nitrogens with zero attached hydrogens (tertiary/aromatic N) is 2. The van der Waals surface area contributed by atoms with Crippen LogP contribution in [0.1, 0.15) is 60.3 Å². The van der Waals surface area contributed by atoms with Crippen LogP contribution in [0.4, 0.5) is 0 Å². The summed E-state index contributed by atoms with van der Waals surface area (Å²) in [5.74, 6) is 6.29. The zero-order chi connectivity index (χ0) is 19.9. The van der Waals surface area contributed by atoms with Gasteiger partial charge in [-0.05, 0) is 45.2 Å². The Bertz CT molecular complexity index is 535. The summed E-state index contributed by atoms with van der Waals surface area (Å²) in [5.41, 5.74) is 0. The summed E-state index contributed by atoms with van der Waals surface area (Å²) >= 11 is 0. The van der Waals surface area contributed by atoms with Gasteiger partial charge in [0.25, 0.3) is 0 Å². The molecule has 1 rings (SSSR count). The standard InChI is InChI=1S/C21H37N3O2/c1-8-12-17(15(3)4)24(7)21(26)19(16(5)9-2)22-20(25)18-13-10-11-14-23(18)6/h15-19H,9-11,13-14H2,1-7H3,(H,22,25)/t16-,17+,18+,19-/m0/s1. The molecule has 2 amide bonds. The van der Waals surface area contributed by atoms with Crippen LogP contribution in [0.3, 0.4) is 0 Å². The second-order valence-electron chi connectivity index (χ2n) is 7.90. The fourth-order valence-electron chi connectivity index (χ4n) is 3.55. The maximum Gasteiger partial charge on any atom is 0.246 e. The molecule has 0 aromatic heterocycles. The molecular formula is C21H37N3O2. The Kier molecular flexibility index (Phi) is 9.15. The number of piperidine rings is 1. The molecule has 0 aromatic carbocycles. The largest absolute Gasteiger partial charge is 0.343 e. The first-order chi connectivity index (χ1) is 12.2. The van der Waals surface area contributed by atoms with Gasteiger partial charge >= 0.3 is 0 Å². The SMILES string of the molecule is CC#C[C@H](C(C)C)N(C)C(=O)[C@@H](NC(=O)[C@H]1CCCCN1C)[C@@H](C)CC. The van der Waals surface area contributed by atoms with E-state index in [0.29, 0.717) is 0 Å². The van der Waals surface area contributed by atoms with Gasteiger partial charge in [-0.2, -0.15) is 0 Å². The lowest BCUT2D eigenvalue weighted by Crippen LogP contribution is -2.57. The number of rotatable bonds is 7. The van der Waals surface area contributed by atoms with Crippen LogP contribution in [0.5, 0.6) is 0 Å². The van der Waals surface area contributed by atoms with Gasteiger partial charge in [-0.25, -0.2) is 0 Å². The van der Waals surface area contributed by atoms with E-state index in [9.17, 15) is 9.59 Å². The van der Waals surface area contributed by atoms with Gasteiger partial charge in [0, 0.05) is 7.05 Å². The Hall–Kier alpha value is -1.54. The highest BCUT2D eigenvalue weighted by Gasteiger charge is 2.35. The molecule has 5 heteroatoms. The van der Waals surface area contributed by atoms with Crippen molar-refractivity contribution in [3.8, 4) is 11.8 Å². The summed E-state index contributed by atoms with van der Waals surface area (Å²) in [7, 11) is 3.78. The van der Waals surface area contributed by atoms with Crippen molar-refractivity contribution >= 4 is 11.8 Å². The number of carbonyl (C=O) groups excluding carboxylic acids is 2. The van der Waals surface area contributed by atoms with Gasteiger partial charge in [0.15, 0.2) is 0 Å². The Morgan fingerprint density at radius 2 is 1.92 bits per heavy atom. The third kappa shape index (κ3) is 5.74. The molecule has 0 radical (unpaired) electrons. The maximum absolute atomic E-state index is 13.2. The molecule has 0 aromatic rings. The Morgan fingerprint density at radius 3 is 2.42 bits per heavy atom. The fourth-order valence-corrected chi connectivity index (χ4v) is 3.55. The summed E-state index contributed by atoms with van der Waals surface area (Å²) in [6.07, 6.45) is 3.88. The number of hydrogen-bond donors (Lipinski definition) is 1. The van der Waals surface area contributed by atoms with Crippen LogP contribution in [0.2, 0.25) is 0 Å². The van der Waals surface area contributed by atoms with E-state index in [0.717, 1.165) is 32.2 Å². The van der Waals surface area contributed by atoms with Crippen molar-refractivity contribution in [3.63, 3.8) is 0 Å². The summed E-state index contributed by atoms with van der Waals surface area (Å²) in [6, 6.07) is -0.786. The molecule has 148 valence electrons. The summed E-state index contributed by atoms with van der Waals surface area (Å²) in [6.45, 7) is 10.9. The molecule has 0 bridgehead atoms. The van der Waals surface area contributed by atoms with Crippen LogP contribution >= 0.6 is 0 Å². The molecule has 1 fully saturated rings. The Balaban J connectivity index is 2.95. The van der Waals surface area contributed by atoms with Crippen LogP contribution in [0.25, 0.3) is 0 Å². The molecule has 1 aliphatic heterocycles. The number of amides is 2. The predicted molar refractivity (Wildman–Crippen MR) is 107 cm³/mol. The lowest BCUT2D eigenvalue weighted by Gasteiger charge is -2.36. The predicted octanol–water partition coefficient (Wildman–Crippen LogP) is 2.51. The molecule has 0 unspecified atom stereocenters. The van der Waals surface area contributed by atoms with E-state index in [1.165, 1.54) is 0 Å². The Morgan fingerprint density at radius 1 is 1.27 bits per heavy atom. The molecular weight excluding hydrogens is 326 g/mol. The zero-order valence-corrected chi connectivity index (χ0v) is 17.6. The highest BCUT2D eigenvalue weighted by molar-refractivity contribution is 5.90. The molecule has 1 saturated heterocycles. The van der Waals surface area contributed by atoms with Gasteiger partial charge in [-0.3, -0.25) is 14.5 Å². The van der Waals surface area contributed by atoms with E-state index in [4.69, 9.17) is 0 Å². The van der Waals surface area contributed by atoms with Crippen molar-refractivity contribution < 1.29 is 9.59 Å². The molecule has 26 heavy (non-hydrogen) atoms. The minimum absolute atomic E-state index is 0.0260. The third-order valence-corrected chi connectivity index (χ3v) is 5.54. The number of likely N-dealkylation sites (N-methyl/N-ethyl adjacent to an activating group) is 2. The van der Waals surface area contributed by atoms with E-state index in [-0.39, 0.29) is 35.7 Å². The van der Waals surface area contributed by atoms with E-state index in [1.54, 1.807) is 18.9 Å². The first-order valence-corrected chi connectivity index (χ1v) is 9.94. The normalized spacial score (nSPS) is 21.3. The van der Waals surface area contributed by atoms with Crippen LogP contribution in [0, 0.1) is 23.7 Å². The smallest absolute Gasteiger partial charge is 0.246 e. The molecule has 0 aliphatic carbocycles. The number of nitrogens with one attached hydrogen (secondary N) is 1. The zero-order valence-electron chi connectivity index (χ0n) is 17.6. The minimum Gasteiger partial charge on any atom is -0.343 e. The van der Waals surface area contributed by atoms with Crippen LogP contribution in [-0.2, 0) is 9.59 Å². The van der Waals surface area contributed by atoms with E-state index >= 15 is 0 Å². The maximum atomic E-state index is 13.2. The first kappa shape index (κ1) is 22.5. The van der Waals surface area contributed by atoms with E-state index in [1.807, 2.05) is 14.0 Å². The van der Waals surface area contributed by atoms with Gasteiger partial charge in [0.05, 0.1) is 12.1 Å². The van der Waals surface area contributed by atoms with E-state index in [2.05, 4.69) is 42.8 Å². The van der Waals surface area contributed by atoms with Crippen molar-refractivity contribution in [2.75, 3.05) is 20.6 Å². The lowest BCUT2D eigenvalue weighted by molar-refractivity contribution is -0.139. The van der Waals surface area contributed by atoms with Crippen LogP contribution < -0.4 is 5.32 Å². The quantitative estimate of drug-likeness (QED) is 0.707.